The number of fused-ring (bicyclic) bond motifs is 3. The topological polar surface area (TPSA) is 96.3 Å². The molecule has 1 amide bonds. The average Bonchev–Trinajstić information content (AvgIpc) is 3.01. The molecule has 0 aromatic heterocycles. The highest BCUT2D eigenvalue weighted by molar-refractivity contribution is 5.96. The summed E-state index contributed by atoms with van der Waals surface area (Å²) in [4.78, 5) is 15.0. The second-order valence-electron chi connectivity index (χ2n) is 6.38. The van der Waals surface area contributed by atoms with Gasteiger partial charge < -0.3 is 14.8 Å². The molecule has 2 aromatic rings. The molecule has 0 fully saturated rings. The van der Waals surface area contributed by atoms with Crippen LogP contribution in [0.4, 0.5) is 0 Å². The lowest BCUT2D eigenvalue weighted by atomic mass is 9.97. The molecule has 1 unspecified atom stereocenters. The molecule has 1 radical (unpaired) electrons. The third kappa shape index (κ3) is 4.70. The van der Waals surface area contributed by atoms with Gasteiger partial charge >= 0.3 is 0 Å². The van der Waals surface area contributed by atoms with Crippen LogP contribution < -0.4 is 5.32 Å². The molecule has 0 bridgehead atoms. The number of amides is 1. The molecule has 1 N–H and O–H groups in total. The van der Waals surface area contributed by atoms with E-state index in [1.165, 1.54) is 11.1 Å². The van der Waals surface area contributed by atoms with Gasteiger partial charge in [-0.25, -0.2) is 0 Å². The second-order valence-corrected chi connectivity index (χ2v) is 6.38. The Morgan fingerprint density at radius 1 is 1.07 bits per heavy atom. The molecule has 0 spiro atoms. The molecular weight excluding hydrogens is 356 g/mol. The predicted molar refractivity (Wildman–Crippen MR) is 107 cm³/mol. The van der Waals surface area contributed by atoms with Crippen LogP contribution in [0.2, 0.25) is 0 Å². The molecule has 2 aromatic carbocycles. The lowest BCUT2D eigenvalue weighted by molar-refractivity contribution is 0.0511. The second kappa shape index (κ2) is 9.90. The molecule has 0 heterocycles. The van der Waals surface area contributed by atoms with Crippen molar-refractivity contribution in [1.82, 2.24) is 5.32 Å². The predicted octanol–water partition coefficient (Wildman–Crippen LogP) is 3.71. The number of carbonyl (C=O) groups excluding carboxylic acids is 1. The Morgan fingerprint density at radius 3 is 2.64 bits per heavy atom. The maximum absolute atomic E-state index is 12.4. The van der Waals surface area contributed by atoms with Gasteiger partial charge in [0.25, 0.3) is 5.91 Å². The Labute approximate surface area is 164 Å². The summed E-state index contributed by atoms with van der Waals surface area (Å²) < 4.78 is 10.6. The van der Waals surface area contributed by atoms with Gasteiger partial charge in [0.05, 0.1) is 26.4 Å². The maximum Gasteiger partial charge on any atom is 0.251 e. The van der Waals surface area contributed by atoms with Crippen LogP contribution in [0.5, 0.6) is 0 Å². The molecule has 3 rings (SSSR count). The average molecular weight is 379 g/mol. The third-order valence-electron chi connectivity index (χ3n) is 4.62. The zero-order chi connectivity index (χ0) is 19.8. The fourth-order valence-electron chi connectivity index (χ4n) is 3.26. The van der Waals surface area contributed by atoms with Crippen molar-refractivity contribution in [3.63, 3.8) is 0 Å². The number of nitrogens with zero attached hydrogens (tertiary/aromatic N) is 3. The number of rotatable bonds is 10. The van der Waals surface area contributed by atoms with Crippen LogP contribution in [0.1, 0.15) is 27.4 Å². The number of benzene rings is 2. The van der Waals surface area contributed by atoms with Crippen molar-refractivity contribution in [2.24, 2.45) is 5.11 Å². The van der Waals surface area contributed by atoms with E-state index < -0.39 is 0 Å². The van der Waals surface area contributed by atoms with Gasteiger partial charge in [0.2, 0.25) is 0 Å². The smallest absolute Gasteiger partial charge is 0.251 e. The Morgan fingerprint density at radius 2 is 1.82 bits per heavy atom. The number of nitrogens with one attached hydrogen (secondary N) is 1. The lowest BCUT2D eigenvalue weighted by Crippen LogP contribution is -2.27. The fraction of sp³-hybridized carbons (Fsp3) is 0.333. The molecular formula is C21H23N4O3. The quantitative estimate of drug-likeness (QED) is 0.295. The third-order valence-corrected chi connectivity index (χ3v) is 4.62. The minimum absolute atomic E-state index is 0.0427. The first kappa shape index (κ1) is 19.9. The van der Waals surface area contributed by atoms with E-state index in [-0.39, 0.29) is 11.8 Å². The van der Waals surface area contributed by atoms with Crippen LogP contribution >= 0.6 is 0 Å². The Hall–Kier alpha value is -2.86. The van der Waals surface area contributed by atoms with Gasteiger partial charge in [0.1, 0.15) is 0 Å². The number of carbonyl (C=O) groups is 1. The van der Waals surface area contributed by atoms with E-state index in [9.17, 15) is 4.79 Å². The van der Waals surface area contributed by atoms with Gasteiger partial charge in [0.15, 0.2) is 0 Å². The molecule has 0 aliphatic heterocycles. The summed E-state index contributed by atoms with van der Waals surface area (Å²) in [6, 6.07) is 14.0. The van der Waals surface area contributed by atoms with Crippen molar-refractivity contribution in [2.45, 2.75) is 5.92 Å². The van der Waals surface area contributed by atoms with Crippen molar-refractivity contribution in [3.8, 4) is 11.1 Å². The van der Waals surface area contributed by atoms with E-state index in [4.69, 9.17) is 15.0 Å². The van der Waals surface area contributed by atoms with E-state index in [1.807, 2.05) is 30.3 Å². The van der Waals surface area contributed by atoms with Crippen LogP contribution in [0.15, 0.2) is 47.6 Å². The van der Waals surface area contributed by atoms with Crippen LogP contribution in [0.3, 0.4) is 0 Å². The van der Waals surface area contributed by atoms with Crippen molar-refractivity contribution < 1.29 is 14.3 Å². The summed E-state index contributed by atoms with van der Waals surface area (Å²) in [5.41, 5.74) is 13.4. The zero-order valence-electron chi connectivity index (χ0n) is 15.6. The van der Waals surface area contributed by atoms with E-state index in [2.05, 4.69) is 34.4 Å². The number of azide groups is 1. The van der Waals surface area contributed by atoms with Crippen LogP contribution in [-0.4, -0.2) is 45.4 Å². The lowest BCUT2D eigenvalue weighted by Gasteiger charge is -2.10. The van der Waals surface area contributed by atoms with E-state index in [0.717, 1.165) is 11.1 Å². The molecule has 0 saturated carbocycles. The number of hydrogen-bond acceptors (Lipinski definition) is 4. The van der Waals surface area contributed by atoms with Crippen molar-refractivity contribution in [1.29, 1.82) is 0 Å². The highest BCUT2D eigenvalue weighted by Gasteiger charge is 2.25. The Bertz CT molecular complexity index is 878. The monoisotopic (exact) mass is 379 g/mol. The molecule has 1 aliphatic rings. The van der Waals surface area contributed by atoms with E-state index in [1.54, 1.807) is 0 Å². The Balaban J connectivity index is 1.42. The van der Waals surface area contributed by atoms with Gasteiger partial charge in [-0.2, -0.15) is 0 Å². The number of hydrogen-bond donors (Lipinski definition) is 1. The van der Waals surface area contributed by atoms with Crippen molar-refractivity contribution >= 4 is 5.91 Å². The molecule has 145 valence electrons. The van der Waals surface area contributed by atoms with Crippen molar-refractivity contribution in [3.05, 3.63) is 76.5 Å². The largest absolute Gasteiger partial charge is 0.379 e. The first-order valence-electron chi connectivity index (χ1n) is 9.23. The molecule has 1 aliphatic carbocycles. The Kier molecular flexibility index (Phi) is 7.03. The zero-order valence-corrected chi connectivity index (χ0v) is 15.6. The van der Waals surface area contributed by atoms with Crippen LogP contribution in [0, 0.1) is 6.92 Å². The standard InChI is InChI=1S/C21H23N4O3/c1-15-17-4-2-3-5-18(17)19-7-6-16(14-20(15)19)21(26)23-8-10-27-12-13-28-11-9-24-25-22/h2-7,14-15H,1,8-13H2,(H,23,26). The molecule has 28 heavy (non-hydrogen) atoms. The summed E-state index contributed by atoms with van der Waals surface area (Å²) >= 11 is 0. The summed E-state index contributed by atoms with van der Waals surface area (Å²) in [6.07, 6.45) is 0. The van der Waals surface area contributed by atoms with Gasteiger partial charge in [0, 0.05) is 29.5 Å². The van der Waals surface area contributed by atoms with Crippen LogP contribution in [-0.2, 0) is 9.47 Å². The van der Waals surface area contributed by atoms with Gasteiger partial charge in [-0.1, -0.05) is 35.4 Å². The molecule has 1 atom stereocenters. The first-order valence-corrected chi connectivity index (χ1v) is 9.23. The molecule has 7 heteroatoms. The highest BCUT2D eigenvalue weighted by atomic mass is 16.5. The number of ether oxygens (including phenoxy) is 2. The normalized spacial score (nSPS) is 14.1. The minimum Gasteiger partial charge on any atom is -0.379 e. The molecule has 7 nitrogen and oxygen atoms in total. The van der Waals surface area contributed by atoms with Crippen molar-refractivity contribution in [2.75, 3.05) is 39.5 Å². The highest BCUT2D eigenvalue weighted by Crippen LogP contribution is 2.44. The molecule has 0 saturated heterocycles. The van der Waals surface area contributed by atoms with Gasteiger partial charge in [-0.3, -0.25) is 4.79 Å². The summed E-state index contributed by atoms with van der Waals surface area (Å²) in [5, 5.41) is 6.23. The minimum atomic E-state index is -0.125. The van der Waals surface area contributed by atoms with Gasteiger partial charge in [-0.05, 0) is 46.8 Å². The first-order chi connectivity index (χ1) is 13.7. The maximum atomic E-state index is 12.4. The fourth-order valence-corrected chi connectivity index (χ4v) is 3.26. The van der Waals surface area contributed by atoms with E-state index in [0.29, 0.717) is 45.1 Å². The summed E-state index contributed by atoms with van der Waals surface area (Å²) in [7, 11) is 0. The van der Waals surface area contributed by atoms with Crippen LogP contribution in [0.25, 0.3) is 21.6 Å². The van der Waals surface area contributed by atoms with Gasteiger partial charge in [-0.15, -0.1) is 0 Å². The summed E-state index contributed by atoms with van der Waals surface area (Å²) in [5.74, 6) is -0.0821. The summed E-state index contributed by atoms with van der Waals surface area (Å²) in [6.45, 7) is 6.61. The van der Waals surface area contributed by atoms with E-state index >= 15 is 0 Å². The SMILES string of the molecule is [CH2]C1c2ccccc2-c2ccc(C(=O)NCCOCCOCCN=[N+]=[N-])cc21.